The SMILES string of the molecule is CC(CO)N(C)C(=O)c1[nH]ncc1N. The van der Waals surface area contributed by atoms with Gasteiger partial charge in [-0.15, -0.1) is 0 Å². The molecule has 1 unspecified atom stereocenters. The number of amides is 1. The zero-order chi connectivity index (χ0) is 10.7. The Balaban J connectivity index is 2.81. The molecule has 0 aromatic carbocycles. The number of aromatic nitrogens is 2. The van der Waals surface area contributed by atoms with Gasteiger partial charge in [-0.1, -0.05) is 0 Å². The first-order valence-electron chi connectivity index (χ1n) is 4.24. The van der Waals surface area contributed by atoms with E-state index in [2.05, 4.69) is 10.2 Å². The Morgan fingerprint density at radius 2 is 2.50 bits per heavy atom. The van der Waals surface area contributed by atoms with Crippen LogP contribution in [-0.4, -0.2) is 45.8 Å². The highest BCUT2D eigenvalue weighted by Crippen LogP contribution is 2.10. The van der Waals surface area contributed by atoms with E-state index in [0.29, 0.717) is 5.69 Å². The van der Waals surface area contributed by atoms with Gasteiger partial charge in [-0.2, -0.15) is 5.10 Å². The number of carbonyl (C=O) groups excluding carboxylic acids is 1. The number of anilines is 1. The smallest absolute Gasteiger partial charge is 0.274 e. The number of nitrogens with two attached hydrogens (primary N) is 1. The monoisotopic (exact) mass is 198 g/mol. The molecule has 1 atom stereocenters. The maximum Gasteiger partial charge on any atom is 0.274 e. The maximum absolute atomic E-state index is 11.7. The molecule has 6 heteroatoms. The number of aliphatic hydroxyl groups is 1. The number of nitrogens with one attached hydrogen (secondary N) is 1. The Morgan fingerprint density at radius 1 is 1.86 bits per heavy atom. The van der Waals surface area contributed by atoms with Gasteiger partial charge in [0.05, 0.1) is 24.5 Å². The summed E-state index contributed by atoms with van der Waals surface area (Å²) in [5, 5.41) is 15.0. The zero-order valence-electron chi connectivity index (χ0n) is 8.19. The van der Waals surface area contributed by atoms with Crippen molar-refractivity contribution in [3.8, 4) is 0 Å². The normalized spacial score (nSPS) is 12.5. The van der Waals surface area contributed by atoms with Gasteiger partial charge in [-0.05, 0) is 6.92 Å². The first-order valence-corrected chi connectivity index (χ1v) is 4.24. The molecular weight excluding hydrogens is 184 g/mol. The number of hydrogen-bond donors (Lipinski definition) is 3. The van der Waals surface area contributed by atoms with Gasteiger partial charge in [-0.25, -0.2) is 0 Å². The minimum atomic E-state index is -0.276. The lowest BCUT2D eigenvalue weighted by Crippen LogP contribution is -2.37. The fourth-order valence-electron chi connectivity index (χ4n) is 0.966. The van der Waals surface area contributed by atoms with Crippen molar-refractivity contribution in [1.29, 1.82) is 0 Å². The summed E-state index contributed by atoms with van der Waals surface area (Å²) in [6.07, 6.45) is 1.38. The molecule has 78 valence electrons. The second-order valence-corrected chi connectivity index (χ2v) is 3.15. The van der Waals surface area contributed by atoms with Crippen molar-refractivity contribution in [2.24, 2.45) is 0 Å². The Hall–Kier alpha value is -1.56. The van der Waals surface area contributed by atoms with Crippen LogP contribution >= 0.6 is 0 Å². The summed E-state index contributed by atoms with van der Waals surface area (Å²) in [7, 11) is 1.60. The molecule has 0 saturated carbocycles. The summed E-state index contributed by atoms with van der Waals surface area (Å²) < 4.78 is 0. The van der Waals surface area contributed by atoms with E-state index in [9.17, 15) is 4.79 Å². The molecule has 6 nitrogen and oxygen atoms in total. The van der Waals surface area contributed by atoms with Crippen LogP contribution in [0.3, 0.4) is 0 Å². The van der Waals surface area contributed by atoms with Crippen molar-refractivity contribution in [2.75, 3.05) is 19.4 Å². The minimum Gasteiger partial charge on any atom is -0.396 e. The topological polar surface area (TPSA) is 95.2 Å². The van der Waals surface area contributed by atoms with Crippen LogP contribution in [-0.2, 0) is 0 Å². The lowest BCUT2D eigenvalue weighted by atomic mass is 10.2. The lowest BCUT2D eigenvalue weighted by molar-refractivity contribution is 0.0677. The average Bonchev–Trinajstić information content (AvgIpc) is 2.61. The van der Waals surface area contributed by atoms with Crippen molar-refractivity contribution >= 4 is 11.6 Å². The summed E-state index contributed by atoms with van der Waals surface area (Å²) >= 11 is 0. The molecule has 1 amide bonds. The molecule has 14 heavy (non-hydrogen) atoms. The van der Waals surface area contributed by atoms with Crippen LogP contribution in [0.25, 0.3) is 0 Å². The van der Waals surface area contributed by atoms with Crippen LogP contribution in [0.4, 0.5) is 5.69 Å². The van der Waals surface area contributed by atoms with Crippen molar-refractivity contribution in [1.82, 2.24) is 15.1 Å². The van der Waals surface area contributed by atoms with E-state index < -0.39 is 0 Å². The fraction of sp³-hybridized carbons (Fsp3) is 0.500. The number of H-pyrrole nitrogens is 1. The van der Waals surface area contributed by atoms with E-state index in [0.717, 1.165) is 0 Å². The summed E-state index contributed by atoms with van der Waals surface area (Å²) in [5.74, 6) is -0.276. The van der Waals surface area contributed by atoms with E-state index >= 15 is 0 Å². The van der Waals surface area contributed by atoms with Crippen LogP contribution in [0.1, 0.15) is 17.4 Å². The maximum atomic E-state index is 11.7. The van der Waals surface area contributed by atoms with Crippen molar-refractivity contribution in [3.05, 3.63) is 11.9 Å². The van der Waals surface area contributed by atoms with Crippen LogP contribution in [0, 0.1) is 0 Å². The van der Waals surface area contributed by atoms with Gasteiger partial charge < -0.3 is 15.7 Å². The van der Waals surface area contributed by atoms with E-state index in [1.165, 1.54) is 11.1 Å². The molecular formula is C8H14N4O2. The molecule has 0 aliphatic rings. The van der Waals surface area contributed by atoms with Gasteiger partial charge >= 0.3 is 0 Å². The van der Waals surface area contributed by atoms with Gasteiger partial charge in [0.2, 0.25) is 0 Å². The van der Waals surface area contributed by atoms with E-state index in [1.54, 1.807) is 14.0 Å². The quantitative estimate of drug-likeness (QED) is 0.607. The van der Waals surface area contributed by atoms with Gasteiger partial charge in [0.15, 0.2) is 0 Å². The number of carbonyl (C=O) groups is 1. The van der Waals surface area contributed by atoms with Gasteiger partial charge in [0.1, 0.15) is 5.69 Å². The molecule has 1 heterocycles. The average molecular weight is 198 g/mol. The second kappa shape index (κ2) is 4.10. The Bertz CT molecular complexity index is 323. The highest BCUT2D eigenvalue weighted by Gasteiger charge is 2.20. The summed E-state index contributed by atoms with van der Waals surface area (Å²) in [6, 6.07) is -0.245. The molecule has 0 spiro atoms. The van der Waals surface area contributed by atoms with Crippen LogP contribution < -0.4 is 5.73 Å². The standard InChI is InChI=1S/C8H14N4O2/c1-5(4-13)12(2)8(14)7-6(9)3-10-11-7/h3,5,13H,4,9H2,1-2H3,(H,10,11). The zero-order valence-corrected chi connectivity index (χ0v) is 8.19. The number of aromatic amines is 1. The summed E-state index contributed by atoms with van der Waals surface area (Å²) in [5.41, 5.74) is 6.09. The fourth-order valence-corrected chi connectivity index (χ4v) is 0.966. The molecule has 0 radical (unpaired) electrons. The molecule has 0 fully saturated rings. The number of rotatable bonds is 3. The molecule has 0 aliphatic carbocycles. The Morgan fingerprint density at radius 3 is 2.93 bits per heavy atom. The first-order chi connectivity index (χ1) is 6.57. The van der Waals surface area contributed by atoms with Crippen LogP contribution in [0.2, 0.25) is 0 Å². The minimum absolute atomic E-state index is 0.0870. The second-order valence-electron chi connectivity index (χ2n) is 3.15. The molecule has 0 saturated heterocycles. The van der Waals surface area contributed by atoms with Gasteiger partial charge in [-0.3, -0.25) is 9.89 Å². The highest BCUT2D eigenvalue weighted by atomic mass is 16.3. The van der Waals surface area contributed by atoms with Crippen LogP contribution in [0.5, 0.6) is 0 Å². The van der Waals surface area contributed by atoms with Gasteiger partial charge in [0.25, 0.3) is 5.91 Å². The number of hydrogen-bond acceptors (Lipinski definition) is 4. The van der Waals surface area contributed by atoms with E-state index in [-0.39, 0.29) is 24.2 Å². The van der Waals surface area contributed by atoms with Crippen LogP contribution in [0.15, 0.2) is 6.20 Å². The van der Waals surface area contributed by atoms with Gasteiger partial charge in [0, 0.05) is 7.05 Å². The highest BCUT2D eigenvalue weighted by molar-refractivity contribution is 5.96. The third kappa shape index (κ3) is 1.85. The largest absolute Gasteiger partial charge is 0.396 e. The molecule has 0 aliphatic heterocycles. The first kappa shape index (κ1) is 10.5. The third-order valence-electron chi connectivity index (χ3n) is 2.13. The third-order valence-corrected chi connectivity index (χ3v) is 2.13. The summed E-state index contributed by atoms with van der Waals surface area (Å²) in [6.45, 7) is 1.65. The number of aliphatic hydroxyl groups excluding tert-OH is 1. The Labute approximate surface area is 81.7 Å². The number of nitrogens with zero attached hydrogens (tertiary/aromatic N) is 2. The number of nitrogen functional groups attached to an aromatic ring is 1. The van der Waals surface area contributed by atoms with Crippen molar-refractivity contribution in [3.63, 3.8) is 0 Å². The summed E-state index contributed by atoms with van der Waals surface area (Å²) in [4.78, 5) is 13.1. The van der Waals surface area contributed by atoms with E-state index in [1.807, 2.05) is 0 Å². The number of likely N-dealkylation sites (N-methyl/N-ethyl adjacent to an activating group) is 1. The van der Waals surface area contributed by atoms with E-state index in [4.69, 9.17) is 10.8 Å². The molecule has 0 bridgehead atoms. The predicted octanol–water partition coefficient (Wildman–Crippen LogP) is -0.555. The van der Waals surface area contributed by atoms with Crippen molar-refractivity contribution in [2.45, 2.75) is 13.0 Å². The Kier molecular flexibility index (Phi) is 3.08. The molecule has 1 aromatic heterocycles. The van der Waals surface area contributed by atoms with Crippen molar-refractivity contribution < 1.29 is 9.90 Å². The molecule has 4 N–H and O–H groups in total. The predicted molar refractivity (Wildman–Crippen MR) is 51.6 cm³/mol. The molecule has 1 aromatic rings. The lowest BCUT2D eigenvalue weighted by Gasteiger charge is -2.22. The molecule has 1 rings (SSSR count).